The van der Waals surface area contributed by atoms with Crippen LogP contribution in [-0.4, -0.2) is 30.3 Å². The van der Waals surface area contributed by atoms with Gasteiger partial charge in [0.1, 0.15) is 4.88 Å². The molecule has 1 unspecified atom stereocenters. The lowest BCUT2D eigenvalue weighted by Gasteiger charge is -2.14. The minimum Gasteiger partial charge on any atom is -0.465 e. The Morgan fingerprint density at radius 3 is 2.67 bits per heavy atom. The molecule has 0 aromatic carbocycles. The highest BCUT2D eigenvalue weighted by molar-refractivity contribution is 7.17. The number of aryl methyl sites for hydroxylation is 1. The maximum atomic E-state index is 12.1. The van der Waals surface area contributed by atoms with Gasteiger partial charge in [0.15, 0.2) is 5.13 Å². The Hall–Kier alpha value is -1.31. The van der Waals surface area contributed by atoms with E-state index in [1.165, 1.54) is 14.0 Å². The van der Waals surface area contributed by atoms with Crippen LogP contribution in [0.5, 0.6) is 0 Å². The summed E-state index contributed by atoms with van der Waals surface area (Å²) < 4.78 is 41.0. The normalized spacial score (nSPS) is 13.2. The molecule has 4 nitrogen and oxygen atoms in total. The number of carbonyl (C=O) groups excluding carboxylic acids is 1. The largest absolute Gasteiger partial charge is 0.465 e. The highest BCUT2D eigenvalue weighted by Crippen LogP contribution is 2.27. The number of halogens is 3. The van der Waals surface area contributed by atoms with Gasteiger partial charge in [-0.25, -0.2) is 9.78 Å². The van der Waals surface area contributed by atoms with Crippen molar-refractivity contribution in [1.29, 1.82) is 0 Å². The van der Waals surface area contributed by atoms with E-state index in [0.29, 0.717) is 10.6 Å². The zero-order valence-corrected chi connectivity index (χ0v) is 10.9. The van der Waals surface area contributed by atoms with Gasteiger partial charge in [-0.05, 0) is 13.8 Å². The van der Waals surface area contributed by atoms with Gasteiger partial charge in [-0.1, -0.05) is 11.3 Å². The first kappa shape index (κ1) is 14.7. The van der Waals surface area contributed by atoms with Crippen LogP contribution in [0.2, 0.25) is 0 Å². The zero-order valence-electron chi connectivity index (χ0n) is 10.1. The number of carbonyl (C=O) groups is 1. The number of nitrogens with one attached hydrogen (secondary N) is 1. The first-order valence-electron chi connectivity index (χ1n) is 5.12. The molecule has 1 atom stereocenters. The van der Waals surface area contributed by atoms with Crippen molar-refractivity contribution in [3.05, 3.63) is 10.6 Å². The summed E-state index contributed by atoms with van der Waals surface area (Å²) in [6.07, 6.45) is -5.19. The third-order valence-electron chi connectivity index (χ3n) is 2.07. The molecular weight excluding hydrogens is 269 g/mol. The molecule has 0 saturated heterocycles. The minimum absolute atomic E-state index is 0.282. The maximum absolute atomic E-state index is 12.1. The van der Waals surface area contributed by atoms with Crippen molar-refractivity contribution in [1.82, 2.24) is 4.98 Å². The Balaban J connectivity index is 2.72. The van der Waals surface area contributed by atoms with E-state index in [4.69, 9.17) is 0 Å². The summed E-state index contributed by atoms with van der Waals surface area (Å²) in [6, 6.07) is -0.805. The second kappa shape index (κ2) is 5.55. The highest BCUT2D eigenvalue weighted by Gasteiger charge is 2.30. The number of hydrogen-bond acceptors (Lipinski definition) is 5. The molecule has 0 amide bonds. The molecule has 1 aromatic heterocycles. The molecule has 0 aliphatic heterocycles. The molecule has 1 aromatic rings. The molecule has 0 radical (unpaired) electrons. The van der Waals surface area contributed by atoms with Crippen LogP contribution in [-0.2, 0) is 4.74 Å². The number of nitrogens with zero attached hydrogens (tertiary/aromatic N) is 1. The molecule has 8 heteroatoms. The van der Waals surface area contributed by atoms with Gasteiger partial charge in [-0.3, -0.25) is 0 Å². The van der Waals surface area contributed by atoms with Gasteiger partial charge in [0.05, 0.1) is 19.2 Å². The molecule has 1 N–H and O–H groups in total. The lowest BCUT2D eigenvalue weighted by molar-refractivity contribution is -0.136. The standard InChI is InChI=1S/C10H13F3N2O2S/c1-5(4-10(11,12)13)14-9-15-6(2)7(18-9)8(16)17-3/h5H,4H2,1-3H3,(H,14,15). The Bertz CT molecular complexity index is 431. The monoisotopic (exact) mass is 282 g/mol. The number of methoxy groups -OCH3 is 1. The van der Waals surface area contributed by atoms with Crippen LogP contribution in [0, 0.1) is 6.92 Å². The van der Waals surface area contributed by atoms with E-state index < -0.39 is 24.6 Å². The Labute approximate surface area is 106 Å². The zero-order chi connectivity index (χ0) is 13.9. The summed E-state index contributed by atoms with van der Waals surface area (Å²) >= 11 is 0.982. The van der Waals surface area contributed by atoms with Gasteiger partial charge in [0.2, 0.25) is 0 Å². The Kier molecular flexibility index (Phi) is 4.55. The van der Waals surface area contributed by atoms with Crippen molar-refractivity contribution < 1.29 is 22.7 Å². The van der Waals surface area contributed by atoms with Crippen LogP contribution in [0.3, 0.4) is 0 Å². The van der Waals surface area contributed by atoms with Gasteiger partial charge in [0.25, 0.3) is 0 Å². The van der Waals surface area contributed by atoms with E-state index in [2.05, 4.69) is 15.0 Å². The quantitative estimate of drug-likeness (QED) is 0.863. The van der Waals surface area contributed by atoms with Crippen LogP contribution in [0.1, 0.15) is 28.7 Å². The molecule has 0 bridgehead atoms. The predicted octanol–water partition coefficient (Wildman–Crippen LogP) is 2.99. The number of anilines is 1. The molecule has 0 aliphatic carbocycles. The second-order valence-corrected chi connectivity index (χ2v) is 4.79. The molecule has 1 rings (SSSR count). The van der Waals surface area contributed by atoms with Crippen LogP contribution >= 0.6 is 11.3 Å². The molecule has 0 spiro atoms. The molecule has 102 valence electrons. The summed E-state index contributed by atoms with van der Waals surface area (Å²) in [6.45, 7) is 3.00. The van der Waals surface area contributed by atoms with Crippen molar-refractivity contribution in [3.8, 4) is 0 Å². The summed E-state index contributed by atoms with van der Waals surface area (Å²) in [5, 5.41) is 2.90. The number of esters is 1. The van der Waals surface area contributed by atoms with Crippen LogP contribution < -0.4 is 5.32 Å². The second-order valence-electron chi connectivity index (χ2n) is 3.79. The van der Waals surface area contributed by atoms with Crippen molar-refractivity contribution in [2.24, 2.45) is 0 Å². The number of thiazole rings is 1. The van der Waals surface area contributed by atoms with Gasteiger partial charge in [-0.15, -0.1) is 0 Å². The molecule has 1 heterocycles. The minimum atomic E-state index is -4.23. The lowest BCUT2D eigenvalue weighted by atomic mass is 10.2. The van der Waals surface area contributed by atoms with E-state index in [-0.39, 0.29) is 5.13 Å². The van der Waals surface area contributed by atoms with E-state index in [1.54, 1.807) is 6.92 Å². The van der Waals surface area contributed by atoms with Crippen LogP contribution in [0.15, 0.2) is 0 Å². The SMILES string of the molecule is COC(=O)c1sc(NC(C)CC(F)(F)F)nc1C. The summed E-state index contributed by atoms with van der Waals surface area (Å²) in [4.78, 5) is 15.6. The summed E-state index contributed by atoms with van der Waals surface area (Å²) in [5.74, 6) is -0.540. The fourth-order valence-electron chi connectivity index (χ4n) is 1.35. The lowest BCUT2D eigenvalue weighted by Crippen LogP contribution is -2.23. The van der Waals surface area contributed by atoms with Crippen molar-refractivity contribution in [3.63, 3.8) is 0 Å². The van der Waals surface area contributed by atoms with Crippen molar-refractivity contribution in [2.75, 3.05) is 12.4 Å². The number of aromatic nitrogens is 1. The molecule has 0 fully saturated rings. The van der Waals surface area contributed by atoms with Crippen LogP contribution in [0.25, 0.3) is 0 Å². The fraction of sp³-hybridized carbons (Fsp3) is 0.600. The van der Waals surface area contributed by atoms with Gasteiger partial charge >= 0.3 is 12.1 Å². The first-order chi connectivity index (χ1) is 8.23. The molecular formula is C10H13F3N2O2S. The van der Waals surface area contributed by atoms with E-state index in [0.717, 1.165) is 11.3 Å². The smallest absolute Gasteiger partial charge is 0.391 e. The van der Waals surface area contributed by atoms with Gasteiger partial charge < -0.3 is 10.1 Å². The molecule has 0 aliphatic rings. The third-order valence-corrected chi connectivity index (χ3v) is 3.14. The number of ether oxygens (including phenoxy) is 1. The molecule has 18 heavy (non-hydrogen) atoms. The van der Waals surface area contributed by atoms with E-state index in [1.807, 2.05) is 0 Å². The summed E-state index contributed by atoms with van der Waals surface area (Å²) in [7, 11) is 1.24. The average Bonchev–Trinajstić information content (AvgIpc) is 2.55. The average molecular weight is 282 g/mol. The predicted molar refractivity (Wildman–Crippen MR) is 61.9 cm³/mol. The third kappa shape index (κ3) is 4.17. The van der Waals surface area contributed by atoms with Gasteiger partial charge in [-0.2, -0.15) is 13.2 Å². The maximum Gasteiger partial charge on any atom is 0.391 e. The van der Waals surface area contributed by atoms with Crippen molar-refractivity contribution >= 4 is 22.4 Å². The molecule has 0 saturated carbocycles. The topological polar surface area (TPSA) is 51.2 Å². The first-order valence-corrected chi connectivity index (χ1v) is 5.93. The number of rotatable bonds is 4. The Morgan fingerprint density at radius 2 is 2.17 bits per heavy atom. The highest BCUT2D eigenvalue weighted by atomic mass is 32.1. The summed E-state index contributed by atoms with van der Waals surface area (Å²) in [5.41, 5.74) is 0.438. The fourth-order valence-corrected chi connectivity index (χ4v) is 2.35. The van der Waals surface area contributed by atoms with Gasteiger partial charge in [0, 0.05) is 6.04 Å². The van der Waals surface area contributed by atoms with E-state index in [9.17, 15) is 18.0 Å². The van der Waals surface area contributed by atoms with E-state index >= 15 is 0 Å². The van der Waals surface area contributed by atoms with Crippen LogP contribution in [0.4, 0.5) is 18.3 Å². The number of hydrogen-bond donors (Lipinski definition) is 1. The Morgan fingerprint density at radius 1 is 1.56 bits per heavy atom. The number of alkyl halides is 3. The van der Waals surface area contributed by atoms with Crippen molar-refractivity contribution in [2.45, 2.75) is 32.5 Å².